The summed E-state index contributed by atoms with van der Waals surface area (Å²) in [5, 5.41) is 12.6. The van der Waals surface area contributed by atoms with Gasteiger partial charge in [0.15, 0.2) is 0 Å². The molecule has 0 aliphatic heterocycles. The van der Waals surface area contributed by atoms with Gasteiger partial charge in [-0.3, -0.25) is 4.79 Å². The molecule has 1 amide bonds. The van der Waals surface area contributed by atoms with E-state index in [1.807, 2.05) is 26.0 Å². The first-order valence-corrected chi connectivity index (χ1v) is 8.02. The molecule has 24 heavy (non-hydrogen) atoms. The molecular weight excluding hydrogens is 308 g/mol. The number of hydrogen-bond donors (Lipinski definition) is 2. The maximum atomic E-state index is 12.3. The highest BCUT2D eigenvalue weighted by Crippen LogP contribution is 2.26. The summed E-state index contributed by atoms with van der Waals surface area (Å²) >= 11 is 0. The first-order chi connectivity index (χ1) is 11.4. The summed E-state index contributed by atoms with van der Waals surface area (Å²) in [6.07, 6.45) is 0.342. The Morgan fingerprint density at radius 2 is 2.04 bits per heavy atom. The molecular formula is C18H24N2O4. The van der Waals surface area contributed by atoms with Gasteiger partial charge in [0.25, 0.3) is 5.91 Å². The van der Waals surface area contributed by atoms with E-state index in [-0.39, 0.29) is 5.91 Å². The highest BCUT2D eigenvalue weighted by molar-refractivity contribution is 6.00. The lowest BCUT2D eigenvalue weighted by Gasteiger charge is -2.12. The molecule has 2 rings (SSSR count). The number of carbonyl (C=O) groups excluding carboxylic acids is 1. The zero-order valence-corrected chi connectivity index (χ0v) is 14.5. The number of aryl methyl sites for hydroxylation is 1. The molecule has 0 aliphatic carbocycles. The lowest BCUT2D eigenvalue weighted by Crippen LogP contribution is -2.40. The Morgan fingerprint density at radius 3 is 2.62 bits per heavy atom. The predicted molar refractivity (Wildman–Crippen MR) is 92.5 cm³/mol. The largest absolute Gasteiger partial charge is 0.480 e. The zero-order valence-electron chi connectivity index (χ0n) is 14.5. The Balaban J connectivity index is 2.36. The van der Waals surface area contributed by atoms with Gasteiger partial charge in [0.1, 0.15) is 6.04 Å². The molecule has 2 N–H and O–H groups in total. The summed E-state index contributed by atoms with van der Waals surface area (Å²) in [7, 11) is 1.67. The van der Waals surface area contributed by atoms with Crippen LogP contribution in [0.5, 0.6) is 0 Å². The van der Waals surface area contributed by atoms with Gasteiger partial charge < -0.3 is 19.7 Å². The number of amides is 1. The van der Waals surface area contributed by atoms with Crippen LogP contribution in [0.1, 0.15) is 35.0 Å². The number of aromatic nitrogens is 1. The van der Waals surface area contributed by atoms with Gasteiger partial charge in [-0.15, -0.1) is 0 Å². The number of carbonyl (C=O) groups is 2. The molecule has 130 valence electrons. The van der Waals surface area contributed by atoms with Crippen LogP contribution in [0, 0.1) is 13.8 Å². The van der Waals surface area contributed by atoms with Crippen molar-refractivity contribution in [3.05, 3.63) is 35.0 Å². The van der Waals surface area contributed by atoms with E-state index in [2.05, 4.69) is 9.88 Å². The molecule has 0 radical (unpaired) electrons. The Bertz CT molecular complexity index is 764. The molecule has 1 heterocycles. The molecule has 0 aliphatic rings. The number of hydrogen-bond acceptors (Lipinski definition) is 3. The van der Waals surface area contributed by atoms with Crippen molar-refractivity contribution < 1.29 is 19.4 Å². The van der Waals surface area contributed by atoms with Gasteiger partial charge in [-0.25, -0.2) is 4.79 Å². The first kappa shape index (κ1) is 18.0. The SMILES string of the molecule is CCC(NC(=O)c1ccc2c(c1)c(C)c(C)n2CCOC)C(=O)O. The Labute approximate surface area is 141 Å². The van der Waals surface area contributed by atoms with E-state index < -0.39 is 12.0 Å². The lowest BCUT2D eigenvalue weighted by atomic mass is 10.1. The van der Waals surface area contributed by atoms with Crippen LogP contribution in [0.15, 0.2) is 18.2 Å². The quantitative estimate of drug-likeness (QED) is 0.816. The van der Waals surface area contributed by atoms with E-state index in [1.165, 1.54) is 0 Å². The number of ether oxygens (including phenoxy) is 1. The average molecular weight is 332 g/mol. The number of rotatable bonds is 7. The molecule has 0 saturated heterocycles. The van der Waals surface area contributed by atoms with Crippen LogP contribution in [0.2, 0.25) is 0 Å². The van der Waals surface area contributed by atoms with Crippen LogP contribution in [0.3, 0.4) is 0 Å². The van der Waals surface area contributed by atoms with Gasteiger partial charge in [0, 0.05) is 35.8 Å². The number of benzene rings is 1. The lowest BCUT2D eigenvalue weighted by molar-refractivity contribution is -0.139. The van der Waals surface area contributed by atoms with E-state index in [9.17, 15) is 9.59 Å². The van der Waals surface area contributed by atoms with E-state index in [1.54, 1.807) is 20.1 Å². The standard InChI is InChI=1S/C18H24N2O4/c1-5-15(18(22)23)19-17(21)13-6-7-16-14(10-13)11(2)12(3)20(16)8-9-24-4/h6-7,10,15H,5,8-9H2,1-4H3,(H,19,21)(H,22,23). The molecule has 0 bridgehead atoms. The van der Waals surface area contributed by atoms with Gasteiger partial charge in [-0.05, 0) is 44.0 Å². The van der Waals surface area contributed by atoms with Crippen molar-refractivity contribution in [1.29, 1.82) is 0 Å². The zero-order chi connectivity index (χ0) is 17.9. The highest BCUT2D eigenvalue weighted by Gasteiger charge is 2.19. The van der Waals surface area contributed by atoms with E-state index in [4.69, 9.17) is 9.84 Å². The molecule has 0 saturated carbocycles. The summed E-state index contributed by atoms with van der Waals surface area (Å²) in [4.78, 5) is 23.4. The average Bonchev–Trinajstić information content (AvgIpc) is 2.81. The molecule has 0 spiro atoms. The third-order valence-corrected chi connectivity index (χ3v) is 4.43. The number of methoxy groups -OCH3 is 1. The van der Waals surface area contributed by atoms with Crippen molar-refractivity contribution in [3.63, 3.8) is 0 Å². The van der Waals surface area contributed by atoms with Crippen LogP contribution >= 0.6 is 0 Å². The normalized spacial score (nSPS) is 12.3. The minimum atomic E-state index is -1.02. The smallest absolute Gasteiger partial charge is 0.326 e. The fourth-order valence-electron chi connectivity index (χ4n) is 2.84. The number of carboxylic acid groups (broad SMARTS) is 1. The van der Waals surface area contributed by atoms with Gasteiger partial charge in [-0.2, -0.15) is 0 Å². The van der Waals surface area contributed by atoms with Crippen LogP contribution in [0.25, 0.3) is 10.9 Å². The van der Waals surface area contributed by atoms with Gasteiger partial charge in [0.05, 0.1) is 6.61 Å². The van der Waals surface area contributed by atoms with Crippen LogP contribution in [-0.2, 0) is 16.1 Å². The van der Waals surface area contributed by atoms with Crippen LogP contribution in [-0.4, -0.2) is 41.3 Å². The molecule has 1 atom stereocenters. The highest BCUT2D eigenvalue weighted by atomic mass is 16.5. The second kappa shape index (κ2) is 7.49. The summed E-state index contributed by atoms with van der Waals surface area (Å²) in [5.41, 5.74) is 3.76. The molecule has 6 heteroatoms. The first-order valence-electron chi connectivity index (χ1n) is 8.02. The summed E-state index contributed by atoms with van der Waals surface area (Å²) in [6.45, 7) is 7.15. The topological polar surface area (TPSA) is 80.6 Å². The minimum Gasteiger partial charge on any atom is -0.480 e. The molecule has 1 aromatic heterocycles. The maximum Gasteiger partial charge on any atom is 0.326 e. The number of nitrogens with zero attached hydrogens (tertiary/aromatic N) is 1. The monoisotopic (exact) mass is 332 g/mol. The van der Waals surface area contributed by atoms with Gasteiger partial charge in [-0.1, -0.05) is 6.92 Å². The van der Waals surface area contributed by atoms with Crippen LogP contribution in [0.4, 0.5) is 0 Å². The minimum absolute atomic E-state index is 0.342. The van der Waals surface area contributed by atoms with Gasteiger partial charge >= 0.3 is 5.97 Å². The summed E-state index contributed by atoms with van der Waals surface area (Å²) in [5.74, 6) is -1.39. The van der Waals surface area contributed by atoms with E-state index >= 15 is 0 Å². The fraction of sp³-hybridized carbons (Fsp3) is 0.444. The summed E-state index contributed by atoms with van der Waals surface area (Å²) in [6, 6.07) is 4.59. The summed E-state index contributed by atoms with van der Waals surface area (Å²) < 4.78 is 7.33. The molecule has 1 aromatic carbocycles. The van der Waals surface area contributed by atoms with Crippen molar-refractivity contribution in [1.82, 2.24) is 9.88 Å². The van der Waals surface area contributed by atoms with Crippen molar-refractivity contribution in [3.8, 4) is 0 Å². The number of carboxylic acids is 1. The Kier molecular flexibility index (Phi) is 5.62. The molecule has 1 unspecified atom stereocenters. The van der Waals surface area contributed by atoms with Crippen molar-refractivity contribution in [2.24, 2.45) is 0 Å². The molecule has 2 aromatic rings. The maximum absolute atomic E-state index is 12.3. The van der Waals surface area contributed by atoms with Crippen molar-refractivity contribution in [2.75, 3.05) is 13.7 Å². The number of aliphatic carboxylic acids is 1. The van der Waals surface area contributed by atoms with E-state index in [0.717, 1.165) is 28.7 Å². The van der Waals surface area contributed by atoms with Crippen molar-refractivity contribution >= 4 is 22.8 Å². The second-order valence-electron chi connectivity index (χ2n) is 5.86. The van der Waals surface area contributed by atoms with Crippen LogP contribution < -0.4 is 5.32 Å². The number of fused-ring (bicyclic) bond motifs is 1. The second-order valence-corrected chi connectivity index (χ2v) is 5.86. The molecule has 6 nitrogen and oxygen atoms in total. The van der Waals surface area contributed by atoms with Crippen molar-refractivity contribution in [2.45, 2.75) is 39.8 Å². The van der Waals surface area contributed by atoms with E-state index in [0.29, 0.717) is 18.6 Å². The molecule has 0 fully saturated rings. The Hall–Kier alpha value is -2.34. The Morgan fingerprint density at radius 1 is 1.33 bits per heavy atom. The fourth-order valence-corrected chi connectivity index (χ4v) is 2.84. The third kappa shape index (κ3) is 3.43. The predicted octanol–water partition coefficient (Wildman–Crippen LogP) is 2.50. The van der Waals surface area contributed by atoms with Gasteiger partial charge in [0.2, 0.25) is 0 Å². The third-order valence-electron chi connectivity index (χ3n) is 4.43. The number of nitrogens with one attached hydrogen (secondary N) is 1.